The van der Waals surface area contributed by atoms with E-state index in [9.17, 15) is 22.4 Å². The number of hydrogen-bond donors (Lipinski definition) is 2. The van der Waals surface area contributed by atoms with Crippen molar-refractivity contribution in [1.29, 1.82) is 0 Å². The van der Waals surface area contributed by atoms with E-state index in [-0.39, 0.29) is 32.2 Å². The van der Waals surface area contributed by atoms with Crippen molar-refractivity contribution in [2.45, 2.75) is 43.7 Å². The molecule has 1 fully saturated rings. The van der Waals surface area contributed by atoms with Gasteiger partial charge in [-0.15, -0.1) is 0 Å². The van der Waals surface area contributed by atoms with Crippen molar-refractivity contribution in [2.75, 3.05) is 5.32 Å². The predicted molar refractivity (Wildman–Crippen MR) is 114 cm³/mol. The molecule has 2 N–H and O–H groups in total. The number of anilines is 1. The number of amides is 1. The molecule has 1 saturated carbocycles. The van der Waals surface area contributed by atoms with E-state index < -0.39 is 33.8 Å². The van der Waals surface area contributed by atoms with Gasteiger partial charge in [0, 0.05) is 11.7 Å². The normalized spacial score (nSPS) is 14.7. The molecular weight excluding hydrogens is 470 g/mol. The molecule has 1 atom stereocenters. The SMILES string of the molecule is Cc1ccc(NC(=O)C(C)OC(=O)c2cc(S(=O)(=O)NC3CC3)c(Cl)cc2Cl)cc1F. The molecule has 1 amide bonds. The van der Waals surface area contributed by atoms with Crippen LogP contribution in [0.1, 0.15) is 35.7 Å². The van der Waals surface area contributed by atoms with Gasteiger partial charge in [-0.05, 0) is 56.5 Å². The summed E-state index contributed by atoms with van der Waals surface area (Å²) in [4.78, 5) is 24.5. The quantitative estimate of drug-likeness (QED) is 0.572. The van der Waals surface area contributed by atoms with Crippen molar-refractivity contribution >= 4 is 50.8 Å². The fourth-order valence-electron chi connectivity index (χ4n) is 2.57. The van der Waals surface area contributed by atoms with Crippen molar-refractivity contribution in [3.05, 3.63) is 57.3 Å². The van der Waals surface area contributed by atoms with Crippen molar-refractivity contribution in [3.8, 4) is 0 Å². The number of carbonyl (C=O) groups excluding carboxylic acids is 2. The first-order valence-corrected chi connectivity index (χ1v) is 11.5. The molecule has 0 saturated heterocycles. The summed E-state index contributed by atoms with van der Waals surface area (Å²) >= 11 is 12.1. The number of nitrogens with one attached hydrogen (secondary N) is 2. The van der Waals surface area contributed by atoms with Gasteiger partial charge in [-0.1, -0.05) is 29.3 Å². The van der Waals surface area contributed by atoms with E-state index in [1.165, 1.54) is 19.1 Å². The Morgan fingerprint density at radius 2 is 1.84 bits per heavy atom. The molecule has 0 spiro atoms. The number of benzene rings is 2. The summed E-state index contributed by atoms with van der Waals surface area (Å²) in [7, 11) is -3.96. The summed E-state index contributed by atoms with van der Waals surface area (Å²) in [5.41, 5.74) is 0.347. The van der Waals surface area contributed by atoms with E-state index in [1.807, 2.05) is 0 Å². The molecule has 7 nitrogen and oxygen atoms in total. The number of sulfonamides is 1. The molecule has 166 valence electrons. The highest BCUT2D eigenvalue weighted by Gasteiger charge is 2.31. The van der Waals surface area contributed by atoms with Crippen LogP contribution in [0.5, 0.6) is 0 Å². The van der Waals surface area contributed by atoms with Crippen molar-refractivity contribution < 1.29 is 27.1 Å². The summed E-state index contributed by atoms with van der Waals surface area (Å²) in [6.45, 7) is 2.89. The molecule has 0 aromatic heterocycles. The Morgan fingerprint density at radius 1 is 1.16 bits per heavy atom. The second kappa shape index (κ2) is 9.12. The third-order valence-electron chi connectivity index (χ3n) is 4.52. The van der Waals surface area contributed by atoms with Crippen LogP contribution in [0, 0.1) is 12.7 Å². The zero-order valence-electron chi connectivity index (χ0n) is 16.5. The predicted octanol–water partition coefficient (Wildman–Crippen LogP) is 4.07. The van der Waals surface area contributed by atoms with Gasteiger partial charge in [0.25, 0.3) is 5.91 Å². The lowest BCUT2D eigenvalue weighted by atomic mass is 10.2. The van der Waals surface area contributed by atoms with Gasteiger partial charge in [0.2, 0.25) is 10.0 Å². The van der Waals surface area contributed by atoms with Crippen LogP contribution in [-0.2, 0) is 19.6 Å². The molecule has 0 aliphatic heterocycles. The van der Waals surface area contributed by atoms with Crippen LogP contribution >= 0.6 is 23.2 Å². The number of halogens is 3. The lowest BCUT2D eigenvalue weighted by Gasteiger charge is -2.15. The highest BCUT2D eigenvalue weighted by Crippen LogP contribution is 2.31. The zero-order chi connectivity index (χ0) is 22.9. The summed E-state index contributed by atoms with van der Waals surface area (Å²) in [6, 6.07) is 6.11. The first-order valence-electron chi connectivity index (χ1n) is 9.27. The number of hydrogen-bond acceptors (Lipinski definition) is 5. The van der Waals surface area contributed by atoms with E-state index in [0.29, 0.717) is 5.56 Å². The standard InChI is InChI=1S/C20H19Cl2FN2O5S/c1-10-3-4-13(7-17(10)23)24-19(26)11(2)30-20(27)14-8-18(16(22)9-15(14)21)31(28,29)25-12-5-6-12/h3-4,7-9,11-12,25H,5-6H2,1-2H3,(H,24,26). The molecule has 0 heterocycles. The Bertz CT molecular complexity index is 1150. The van der Waals surface area contributed by atoms with E-state index in [4.69, 9.17) is 27.9 Å². The summed E-state index contributed by atoms with van der Waals surface area (Å²) < 4.78 is 46.2. The van der Waals surface area contributed by atoms with Crippen LogP contribution in [-0.4, -0.2) is 32.4 Å². The maximum Gasteiger partial charge on any atom is 0.340 e. The van der Waals surface area contributed by atoms with E-state index in [2.05, 4.69) is 10.0 Å². The molecule has 1 aliphatic rings. The molecular formula is C20H19Cl2FN2O5S. The minimum absolute atomic E-state index is 0.131. The van der Waals surface area contributed by atoms with Crippen molar-refractivity contribution in [1.82, 2.24) is 4.72 Å². The topological polar surface area (TPSA) is 102 Å². The maximum atomic E-state index is 13.6. The molecule has 1 aliphatic carbocycles. The van der Waals surface area contributed by atoms with Gasteiger partial charge in [0.05, 0.1) is 15.6 Å². The van der Waals surface area contributed by atoms with Gasteiger partial charge in [-0.3, -0.25) is 4.79 Å². The molecule has 0 radical (unpaired) electrons. The smallest absolute Gasteiger partial charge is 0.340 e. The number of ether oxygens (including phenoxy) is 1. The van der Waals surface area contributed by atoms with Gasteiger partial charge in [-0.25, -0.2) is 22.3 Å². The first kappa shape index (κ1) is 23.5. The number of carbonyl (C=O) groups is 2. The Morgan fingerprint density at radius 3 is 2.45 bits per heavy atom. The van der Waals surface area contributed by atoms with Gasteiger partial charge >= 0.3 is 5.97 Å². The summed E-state index contributed by atoms with van der Waals surface area (Å²) in [6.07, 6.45) is 0.168. The Labute approximate surface area is 188 Å². The fraction of sp³-hybridized carbons (Fsp3) is 0.300. The minimum atomic E-state index is -3.96. The lowest BCUT2D eigenvalue weighted by molar-refractivity contribution is -0.123. The third kappa shape index (κ3) is 5.74. The average Bonchev–Trinajstić information content (AvgIpc) is 3.47. The summed E-state index contributed by atoms with van der Waals surface area (Å²) in [5, 5.41) is 2.16. The Balaban J connectivity index is 1.75. The monoisotopic (exact) mass is 488 g/mol. The highest BCUT2D eigenvalue weighted by atomic mass is 35.5. The Kier molecular flexibility index (Phi) is 6.90. The van der Waals surface area contributed by atoms with E-state index in [0.717, 1.165) is 31.0 Å². The molecule has 0 bridgehead atoms. The van der Waals surface area contributed by atoms with Gasteiger partial charge in [0.15, 0.2) is 6.10 Å². The van der Waals surface area contributed by atoms with Crippen LogP contribution in [0.25, 0.3) is 0 Å². The third-order valence-corrected chi connectivity index (χ3v) is 6.82. The van der Waals surface area contributed by atoms with Gasteiger partial charge in [0.1, 0.15) is 10.7 Å². The number of rotatable bonds is 7. The second-order valence-electron chi connectivity index (χ2n) is 7.16. The lowest BCUT2D eigenvalue weighted by Crippen LogP contribution is -2.30. The molecule has 2 aromatic rings. The zero-order valence-corrected chi connectivity index (χ0v) is 18.9. The van der Waals surface area contributed by atoms with Crippen LogP contribution < -0.4 is 10.0 Å². The van der Waals surface area contributed by atoms with Crippen molar-refractivity contribution in [2.24, 2.45) is 0 Å². The maximum absolute atomic E-state index is 13.6. The highest BCUT2D eigenvalue weighted by molar-refractivity contribution is 7.89. The van der Waals surface area contributed by atoms with Crippen LogP contribution in [0.2, 0.25) is 10.0 Å². The van der Waals surface area contributed by atoms with E-state index in [1.54, 1.807) is 6.92 Å². The number of esters is 1. The average molecular weight is 489 g/mol. The van der Waals surface area contributed by atoms with E-state index >= 15 is 0 Å². The van der Waals surface area contributed by atoms with Gasteiger partial charge in [-0.2, -0.15) is 0 Å². The van der Waals surface area contributed by atoms with Crippen LogP contribution in [0.3, 0.4) is 0 Å². The largest absolute Gasteiger partial charge is 0.449 e. The molecule has 3 rings (SSSR count). The fourth-order valence-corrected chi connectivity index (χ4v) is 4.72. The van der Waals surface area contributed by atoms with Crippen LogP contribution in [0.4, 0.5) is 10.1 Å². The molecule has 2 aromatic carbocycles. The first-order chi connectivity index (χ1) is 14.5. The van der Waals surface area contributed by atoms with Crippen molar-refractivity contribution in [3.63, 3.8) is 0 Å². The number of aryl methyl sites for hydroxylation is 1. The molecule has 11 heteroatoms. The second-order valence-corrected chi connectivity index (χ2v) is 9.66. The Hall–Kier alpha value is -2.20. The minimum Gasteiger partial charge on any atom is -0.449 e. The van der Waals surface area contributed by atoms with Crippen LogP contribution in [0.15, 0.2) is 35.2 Å². The summed E-state index contributed by atoms with van der Waals surface area (Å²) in [5.74, 6) is -2.21. The molecule has 31 heavy (non-hydrogen) atoms. The van der Waals surface area contributed by atoms with Gasteiger partial charge < -0.3 is 10.1 Å². The molecule has 1 unspecified atom stereocenters.